The topological polar surface area (TPSA) is 125 Å². The van der Waals surface area contributed by atoms with E-state index in [1.807, 2.05) is 0 Å². The van der Waals surface area contributed by atoms with Gasteiger partial charge in [0.2, 0.25) is 11.8 Å². The summed E-state index contributed by atoms with van der Waals surface area (Å²) in [7, 11) is 1.56. The molecule has 11 heteroatoms. The van der Waals surface area contributed by atoms with Gasteiger partial charge in [0.1, 0.15) is 19.0 Å². The second-order valence-corrected chi connectivity index (χ2v) is 7.49. The van der Waals surface area contributed by atoms with Crippen LogP contribution in [0.1, 0.15) is 16.2 Å². The zero-order valence-corrected chi connectivity index (χ0v) is 17.9. The van der Waals surface area contributed by atoms with Gasteiger partial charge >= 0.3 is 0 Å². The van der Waals surface area contributed by atoms with Crippen LogP contribution in [-0.2, 0) is 11.3 Å². The largest absolute Gasteiger partial charge is 0.497 e. The van der Waals surface area contributed by atoms with Crippen molar-refractivity contribution >= 4 is 29.3 Å². The molecule has 4 rings (SSSR count). The average molecular weight is 456 g/mol. The lowest BCUT2D eigenvalue weighted by Crippen LogP contribution is -2.22. The van der Waals surface area contributed by atoms with Gasteiger partial charge in [0.25, 0.3) is 11.1 Å². The molecule has 32 heavy (non-hydrogen) atoms. The Balaban J connectivity index is 1.23. The van der Waals surface area contributed by atoms with Crippen molar-refractivity contribution in [2.45, 2.75) is 11.8 Å². The van der Waals surface area contributed by atoms with Crippen LogP contribution in [0.5, 0.6) is 17.2 Å². The molecule has 0 saturated carbocycles. The highest BCUT2D eigenvalue weighted by atomic mass is 32.2. The first kappa shape index (κ1) is 21.5. The van der Waals surface area contributed by atoms with E-state index in [-0.39, 0.29) is 35.2 Å². The number of fused-ring (bicyclic) bond motifs is 1. The van der Waals surface area contributed by atoms with Gasteiger partial charge in [-0.2, -0.15) is 0 Å². The molecule has 2 N–H and O–H groups in total. The van der Waals surface area contributed by atoms with Crippen molar-refractivity contribution in [1.82, 2.24) is 15.5 Å². The summed E-state index contributed by atoms with van der Waals surface area (Å²) in [6.45, 7) is 1.05. The molecule has 1 aliphatic rings. The third kappa shape index (κ3) is 5.49. The minimum absolute atomic E-state index is 0.0712. The van der Waals surface area contributed by atoms with Crippen molar-refractivity contribution < 1.29 is 28.2 Å². The number of aromatic nitrogens is 2. The van der Waals surface area contributed by atoms with Crippen molar-refractivity contribution in [2.75, 3.05) is 31.4 Å². The molecule has 2 heterocycles. The number of benzene rings is 2. The Morgan fingerprint density at radius 1 is 1.06 bits per heavy atom. The van der Waals surface area contributed by atoms with E-state index in [0.717, 1.165) is 11.8 Å². The predicted molar refractivity (Wildman–Crippen MR) is 115 cm³/mol. The van der Waals surface area contributed by atoms with Gasteiger partial charge in [-0.05, 0) is 36.4 Å². The molecule has 2 amide bonds. The number of nitrogens with zero attached hydrogens (tertiary/aromatic N) is 2. The summed E-state index contributed by atoms with van der Waals surface area (Å²) in [5, 5.41) is 13.5. The highest BCUT2D eigenvalue weighted by Crippen LogP contribution is 2.32. The monoisotopic (exact) mass is 456 g/mol. The molecule has 2 aromatic carbocycles. The first-order chi connectivity index (χ1) is 15.6. The fourth-order valence-corrected chi connectivity index (χ4v) is 3.39. The Hall–Kier alpha value is -3.73. The number of ether oxygens (including phenoxy) is 3. The molecule has 0 bridgehead atoms. The lowest BCUT2D eigenvalue weighted by molar-refractivity contribution is -0.113. The minimum Gasteiger partial charge on any atom is -0.497 e. The summed E-state index contributed by atoms with van der Waals surface area (Å²) in [6.07, 6.45) is 0. The maximum absolute atomic E-state index is 12.2. The summed E-state index contributed by atoms with van der Waals surface area (Å²) in [5.41, 5.74) is 1.09. The maximum atomic E-state index is 12.2. The van der Waals surface area contributed by atoms with Crippen molar-refractivity contribution in [1.29, 1.82) is 0 Å². The summed E-state index contributed by atoms with van der Waals surface area (Å²) >= 11 is 1.10. The molecule has 3 aromatic rings. The Bertz CT molecular complexity index is 1100. The molecule has 0 unspecified atom stereocenters. The van der Waals surface area contributed by atoms with Gasteiger partial charge in [-0.15, -0.1) is 10.2 Å². The first-order valence-electron chi connectivity index (χ1n) is 9.67. The molecule has 0 spiro atoms. The van der Waals surface area contributed by atoms with Crippen LogP contribution in [-0.4, -0.2) is 48.1 Å². The smallest absolute Gasteiger partial charge is 0.277 e. The number of carbonyl (C=O) groups is 2. The molecule has 0 atom stereocenters. The van der Waals surface area contributed by atoms with Gasteiger partial charge in [-0.3, -0.25) is 9.59 Å². The average Bonchev–Trinajstić information content (AvgIpc) is 3.29. The fraction of sp³-hybridized carbons (Fsp3) is 0.238. The quantitative estimate of drug-likeness (QED) is 0.492. The number of methoxy groups -OCH3 is 1. The fourth-order valence-electron chi connectivity index (χ4n) is 2.81. The molecule has 166 valence electrons. The Kier molecular flexibility index (Phi) is 6.75. The van der Waals surface area contributed by atoms with E-state index in [1.54, 1.807) is 49.6 Å². The van der Waals surface area contributed by atoms with Crippen molar-refractivity contribution in [2.24, 2.45) is 0 Å². The van der Waals surface area contributed by atoms with Crippen LogP contribution in [0.15, 0.2) is 52.1 Å². The van der Waals surface area contributed by atoms with Gasteiger partial charge < -0.3 is 29.3 Å². The first-order valence-corrected chi connectivity index (χ1v) is 10.7. The second kappa shape index (κ2) is 10.1. The number of rotatable bonds is 8. The normalized spacial score (nSPS) is 12.2. The maximum Gasteiger partial charge on any atom is 0.277 e. The number of amides is 2. The second-order valence-electron chi connectivity index (χ2n) is 6.57. The molecule has 0 aliphatic carbocycles. The number of hydrogen-bond acceptors (Lipinski definition) is 9. The lowest BCUT2D eigenvalue weighted by Gasteiger charge is -2.18. The molecule has 0 fully saturated rings. The Labute approximate surface area is 187 Å². The number of carbonyl (C=O) groups excluding carboxylic acids is 2. The molecule has 1 aliphatic heterocycles. The summed E-state index contributed by atoms with van der Waals surface area (Å²) in [6, 6.07) is 11.9. The van der Waals surface area contributed by atoms with Crippen molar-refractivity contribution in [3.63, 3.8) is 0 Å². The predicted octanol–water partition coefficient (Wildman–Crippen LogP) is 2.51. The van der Waals surface area contributed by atoms with E-state index in [0.29, 0.717) is 41.7 Å². The van der Waals surface area contributed by atoms with E-state index in [4.69, 9.17) is 18.6 Å². The van der Waals surface area contributed by atoms with Gasteiger partial charge in [0, 0.05) is 17.3 Å². The van der Waals surface area contributed by atoms with Gasteiger partial charge in [-0.1, -0.05) is 11.8 Å². The molecular formula is C21H20N4O6S. The molecule has 0 saturated heterocycles. The number of nitrogens with one attached hydrogen (secondary N) is 2. The molecular weight excluding hydrogens is 436 g/mol. The van der Waals surface area contributed by atoms with Gasteiger partial charge in [-0.25, -0.2) is 0 Å². The van der Waals surface area contributed by atoms with E-state index in [9.17, 15) is 9.59 Å². The zero-order valence-electron chi connectivity index (χ0n) is 17.1. The Morgan fingerprint density at radius 2 is 1.84 bits per heavy atom. The SMILES string of the molecule is COc1ccc(C(=O)NCc2nnc(SCC(=O)Nc3ccc4c(c3)OCCO4)o2)cc1. The third-order valence-corrected chi connectivity index (χ3v) is 5.17. The standard InChI is InChI=1S/C21H20N4O6S/c1-28-15-5-2-13(3-6-15)20(27)22-11-19-24-25-21(31-19)32-12-18(26)23-14-4-7-16-17(10-14)30-9-8-29-16/h2-7,10H,8-9,11-12H2,1H3,(H,22,27)(H,23,26). The van der Waals surface area contributed by atoms with Crippen LogP contribution < -0.4 is 24.8 Å². The lowest BCUT2D eigenvalue weighted by atomic mass is 10.2. The van der Waals surface area contributed by atoms with Crippen LogP contribution in [0.3, 0.4) is 0 Å². The molecule has 10 nitrogen and oxygen atoms in total. The summed E-state index contributed by atoms with van der Waals surface area (Å²) < 4.78 is 21.5. The van der Waals surface area contributed by atoms with Crippen LogP contribution >= 0.6 is 11.8 Å². The van der Waals surface area contributed by atoms with Crippen LogP contribution in [0.2, 0.25) is 0 Å². The zero-order chi connectivity index (χ0) is 22.3. The van der Waals surface area contributed by atoms with Crippen molar-refractivity contribution in [3.05, 3.63) is 53.9 Å². The number of hydrogen-bond donors (Lipinski definition) is 2. The van der Waals surface area contributed by atoms with Gasteiger partial charge in [0.15, 0.2) is 11.5 Å². The van der Waals surface area contributed by atoms with Gasteiger partial charge in [0.05, 0.1) is 19.4 Å². The summed E-state index contributed by atoms with van der Waals surface area (Å²) in [4.78, 5) is 24.4. The van der Waals surface area contributed by atoms with E-state index < -0.39 is 0 Å². The van der Waals surface area contributed by atoms with Crippen LogP contribution in [0, 0.1) is 0 Å². The van der Waals surface area contributed by atoms with E-state index in [2.05, 4.69) is 20.8 Å². The minimum atomic E-state index is -0.279. The molecule has 0 radical (unpaired) electrons. The highest BCUT2D eigenvalue weighted by Gasteiger charge is 2.14. The van der Waals surface area contributed by atoms with E-state index in [1.165, 1.54) is 0 Å². The Morgan fingerprint density at radius 3 is 2.62 bits per heavy atom. The highest BCUT2D eigenvalue weighted by molar-refractivity contribution is 7.99. The molecule has 1 aromatic heterocycles. The third-order valence-electron chi connectivity index (χ3n) is 4.35. The van der Waals surface area contributed by atoms with Crippen LogP contribution in [0.4, 0.5) is 5.69 Å². The number of anilines is 1. The van der Waals surface area contributed by atoms with Crippen LogP contribution in [0.25, 0.3) is 0 Å². The summed E-state index contributed by atoms with van der Waals surface area (Å²) in [5.74, 6) is 1.72. The van der Waals surface area contributed by atoms with Crippen molar-refractivity contribution in [3.8, 4) is 17.2 Å². The van der Waals surface area contributed by atoms with E-state index >= 15 is 0 Å². The number of thioether (sulfide) groups is 1.